The van der Waals surface area contributed by atoms with E-state index in [2.05, 4.69) is 58.7 Å². The van der Waals surface area contributed by atoms with E-state index < -0.39 is 33.3 Å². The number of aliphatic hydroxyl groups is 1. The Morgan fingerprint density at radius 2 is 1.53 bits per heavy atom. The number of esters is 1. The fourth-order valence-electron chi connectivity index (χ4n) is 14.5. The molecule has 3 N–H and O–H groups in total. The van der Waals surface area contributed by atoms with Gasteiger partial charge in [0.2, 0.25) is 0 Å². The standard InChI is InChI=1S/C43H74N2O7S/c1-27(2)29-13-18-43(44-26-31(28(3)46)45-21-23-53(50,51)24-22-45)20-19-41(9)30(36(29)43)11-12-33-40(8)16-15-34(52-35(47)25-38(4,5)37(48)49)39(6,7)32(40)14-17-42(33,41)10/h27-34,36,44,46H,11-26H2,1-10H3,(H,48,49)/t28-,29+,30-,31-,32+,33-,34+,36-,40+,41-,42-,43+/m1/s1. The van der Waals surface area contributed by atoms with Gasteiger partial charge in [-0.05, 0) is 137 Å². The molecule has 53 heavy (non-hydrogen) atoms. The SMILES string of the molecule is CC(C)[C@@H]1CC[C@]2(NC[C@H]([C@@H](C)O)N3CCS(=O)(=O)CC3)CC[C@]3(C)[C@H](CC[C@@H]4[C@@]5(C)CC[C@H](OC(=O)CC(C)(C)C(=O)O)C(C)(C)[C@@H]5CC[C@]43C)[C@@H]12. The summed E-state index contributed by atoms with van der Waals surface area (Å²) in [6.45, 7) is 24.1. The molecule has 0 aromatic carbocycles. The van der Waals surface area contributed by atoms with Crippen molar-refractivity contribution in [2.75, 3.05) is 31.1 Å². The van der Waals surface area contributed by atoms with Crippen molar-refractivity contribution in [3.63, 3.8) is 0 Å². The van der Waals surface area contributed by atoms with Crippen molar-refractivity contribution in [3.05, 3.63) is 0 Å². The molecule has 12 atom stereocenters. The summed E-state index contributed by atoms with van der Waals surface area (Å²) in [5.74, 6) is 2.43. The zero-order chi connectivity index (χ0) is 39.2. The van der Waals surface area contributed by atoms with Crippen LogP contribution in [0.3, 0.4) is 0 Å². The van der Waals surface area contributed by atoms with E-state index >= 15 is 0 Å². The highest BCUT2D eigenvalue weighted by Crippen LogP contribution is 2.76. The lowest BCUT2D eigenvalue weighted by molar-refractivity contribution is -0.247. The number of rotatable bonds is 10. The Hall–Kier alpha value is -1.23. The number of hydrogen-bond donors (Lipinski definition) is 3. The molecule has 1 saturated heterocycles. The molecule has 0 spiro atoms. The van der Waals surface area contributed by atoms with Gasteiger partial charge in [0.15, 0.2) is 9.84 Å². The van der Waals surface area contributed by atoms with Gasteiger partial charge in [-0.3, -0.25) is 14.5 Å². The van der Waals surface area contributed by atoms with Crippen LogP contribution in [-0.2, 0) is 24.2 Å². The molecule has 0 bridgehead atoms. The van der Waals surface area contributed by atoms with Gasteiger partial charge in [0.1, 0.15) is 6.10 Å². The molecular weight excluding hydrogens is 689 g/mol. The lowest BCUT2D eigenvalue weighted by Crippen LogP contribution is -2.69. The van der Waals surface area contributed by atoms with Crippen LogP contribution in [0.4, 0.5) is 0 Å². The van der Waals surface area contributed by atoms with Crippen LogP contribution >= 0.6 is 0 Å². The molecule has 9 nitrogen and oxygen atoms in total. The zero-order valence-corrected chi connectivity index (χ0v) is 35.6. The second-order valence-corrected chi connectivity index (χ2v) is 23.7. The summed E-state index contributed by atoms with van der Waals surface area (Å²) < 4.78 is 30.7. The third-order valence-corrected chi connectivity index (χ3v) is 19.4. The molecule has 0 aromatic heterocycles. The summed E-state index contributed by atoms with van der Waals surface area (Å²) in [4.78, 5) is 27.1. The second-order valence-electron chi connectivity index (χ2n) is 21.4. The van der Waals surface area contributed by atoms with Gasteiger partial charge in [-0.15, -0.1) is 0 Å². The van der Waals surface area contributed by atoms with Crippen LogP contribution in [0.15, 0.2) is 0 Å². The van der Waals surface area contributed by atoms with Gasteiger partial charge in [0, 0.05) is 36.6 Å². The molecule has 0 unspecified atom stereocenters. The first kappa shape index (κ1) is 41.4. The monoisotopic (exact) mass is 763 g/mol. The Balaban J connectivity index is 1.23. The number of ether oxygens (including phenoxy) is 1. The van der Waals surface area contributed by atoms with Crippen molar-refractivity contribution >= 4 is 21.8 Å². The predicted molar refractivity (Wildman–Crippen MR) is 209 cm³/mol. The van der Waals surface area contributed by atoms with Gasteiger partial charge >= 0.3 is 11.9 Å². The fourth-order valence-corrected chi connectivity index (χ4v) is 15.7. The third kappa shape index (κ3) is 6.85. The molecule has 6 fully saturated rings. The lowest BCUT2D eigenvalue weighted by atomic mass is 9.32. The number of sulfone groups is 1. The Bertz CT molecular complexity index is 1500. The molecule has 1 heterocycles. The van der Waals surface area contributed by atoms with E-state index in [0.29, 0.717) is 55.1 Å². The Morgan fingerprint density at radius 1 is 0.868 bits per heavy atom. The Labute approximate surface area is 321 Å². The number of carbonyl (C=O) groups excluding carboxylic acids is 1. The fraction of sp³-hybridized carbons (Fsp3) is 0.953. The maximum atomic E-state index is 13.1. The molecule has 5 aliphatic carbocycles. The third-order valence-electron chi connectivity index (χ3n) is 17.8. The van der Waals surface area contributed by atoms with Gasteiger partial charge in [-0.1, -0.05) is 48.5 Å². The van der Waals surface area contributed by atoms with Gasteiger partial charge in [0.05, 0.1) is 29.4 Å². The van der Waals surface area contributed by atoms with Crippen molar-refractivity contribution in [2.24, 2.45) is 62.6 Å². The van der Waals surface area contributed by atoms with Crippen LogP contribution < -0.4 is 5.32 Å². The molecule has 6 rings (SSSR count). The van der Waals surface area contributed by atoms with Gasteiger partial charge in [-0.25, -0.2) is 8.42 Å². The molecule has 5 saturated carbocycles. The van der Waals surface area contributed by atoms with E-state index in [9.17, 15) is 28.2 Å². The van der Waals surface area contributed by atoms with Crippen molar-refractivity contribution in [3.8, 4) is 0 Å². The van der Waals surface area contributed by atoms with E-state index in [1.54, 1.807) is 13.8 Å². The molecule has 1 aliphatic heterocycles. The van der Waals surface area contributed by atoms with Crippen LogP contribution in [-0.4, -0.2) is 90.4 Å². The first-order valence-corrected chi connectivity index (χ1v) is 23.1. The number of carbonyl (C=O) groups is 2. The van der Waals surface area contributed by atoms with Gasteiger partial charge in [-0.2, -0.15) is 0 Å². The average Bonchev–Trinajstić information content (AvgIpc) is 3.43. The minimum absolute atomic E-state index is 0.0392. The highest BCUT2D eigenvalue weighted by atomic mass is 32.2. The summed E-state index contributed by atoms with van der Waals surface area (Å²) in [6.07, 6.45) is 10.5. The van der Waals surface area contributed by atoms with E-state index in [1.165, 1.54) is 38.5 Å². The lowest BCUT2D eigenvalue weighted by Gasteiger charge is -2.73. The second kappa shape index (κ2) is 14.0. The number of carboxylic acid groups (broad SMARTS) is 1. The highest BCUT2D eigenvalue weighted by Gasteiger charge is 2.71. The number of nitrogens with one attached hydrogen (secondary N) is 1. The maximum absolute atomic E-state index is 13.1. The van der Waals surface area contributed by atoms with Crippen LogP contribution in [0.5, 0.6) is 0 Å². The normalized spacial score (nSPS) is 43.5. The largest absolute Gasteiger partial charge is 0.481 e. The molecule has 0 radical (unpaired) electrons. The van der Waals surface area contributed by atoms with E-state index in [4.69, 9.17) is 4.74 Å². The zero-order valence-electron chi connectivity index (χ0n) is 34.8. The maximum Gasteiger partial charge on any atom is 0.309 e. The van der Waals surface area contributed by atoms with Crippen molar-refractivity contribution < 1.29 is 33.0 Å². The van der Waals surface area contributed by atoms with Crippen LogP contribution in [0.1, 0.15) is 140 Å². The van der Waals surface area contributed by atoms with Gasteiger partial charge < -0.3 is 20.3 Å². The minimum Gasteiger partial charge on any atom is -0.481 e. The van der Waals surface area contributed by atoms with E-state index in [0.717, 1.165) is 25.7 Å². The topological polar surface area (TPSA) is 133 Å². The Morgan fingerprint density at radius 3 is 2.13 bits per heavy atom. The number of carboxylic acids is 1. The molecule has 304 valence electrons. The highest BCUT2D eigenvalue weighted by molar-refractivity contribution is 7.91. The minimum atomic E-state index is -2.99. The molecular formula is C43H74N2O7S. The number of hydrogen-bond acceptors (Lipinski definition) is 8. The van der Waals surface area contributed by atoms with E-state index in [-0.39, 0.29) is 57.3 Å². The summed E-state index contributed by atoms with van der Waals surface area (Å²) in [5, 5.41) is 24.8. The first-order chi connectivity index (χ1) is 24.4. The quantitative estimate of drug-likeness (QED) is 0.202. The molecule has 6 aliphatic rings. The number of aliphatic hydroxyl groups excluding tert-OH is 1. The van der Waals surface area contributed by atoms with Crippen molar-refractivity contribution in [1.29, 1.82) is 0 Å². The number of fused-ring (bicyclic) bond motifs is 7. The first-order valence-electron chi connectivity index (χ1n) is 21.2. The van der Waals surface area contributed by atoms with Crippen molar-refractivity contribution in [2.45, 2.75) is 164 Å². The predicted octanol–water partition coefficient (Wildman–Crippen LogP) is 6.96. The number of aliphatic carboxylic acids is 1. The smallest absolute Gasteiger partial charge is 0.309 e. The average molecular weight is 763 g/mol. The van der Waals surface area contributed by atoms with Crippen molar-refractivity contribution in [1.82, 2.24) is 10.2 Å². The summed E-state index contributed by atoms with van der Waals surface area (Å²) in [6, 6.07) is -0.100. The number of nitrogens with zero attached hydrogens (tertiary/aromatic N) is 1. The summed E-state index contributed by atoms with van der Waals surface area (Å²) in [5.41, 5.74) is -0.767. The summed E-state index contributed by atoms with van der Waals surface area (Å²) in [7, 11) is -2.99. The molecule has 10 heteroatoms. The van der Waals surface area contributed by atoms with Gasteiger partial charge in [0.25, 0.3) is 0 Å². The Kier molecular flexibility index (Phi) is 10.9. The van der Waals surface area contributed by atoms with Crippen LogP contribution in [0, 0.1) is 62.6 Å². The molecule has 0 aromatic rings. The molecule has 0 amide bonds. The van der Waals surface area contributed by atoms with Crippen LogP contribution in [0.25, 0.3) is 0 Å². The van der Waals surface area contributed by atoms with Crippen LogP contribution in [0.2, 0.25) is 0 Å². The summed E-state index contributed by atoms with van der Waals surface area (Å²) >= 11 is 0. The van der Waals surface area contributed by atoms with E-state index in [1.807, 2.05) is 6.92 Å².